The van der Waals surface area contributed by atoms with Crippen molar-refractivity contribution in [1.29, 1.82) is 0 Å². The van der Waals surface area contributed by atoms with Crippen LogP contribution in [-0.2, 0) is 6.42 Å². The van der Waals surface area contributed by atoms with Crippen molar-refractivity contribution in [2.75, 3.05) is 7.05 Å². The van der Waals surface area contributed by atoms with Gasteiger partial charge in [-0.05, 0) is 46.6 Å². The predicted octanol–water partition coefficient (Wildman–Crippen LogP) is 3.41. The molecule has 0 radical (unpaired) electrons. The lowest BCUT2D eigenvalue weighted by atomic mass is 10.1. The van der Waals surface area contributed by atoms with Gasteiger partial charge in [-0.2, -0.15) is 0 Å². The second-order valence-electron chi connectivity index (χ2n) is 3.53. The first-order valence-corrected chi connectivity index (χ1v) is 6.78. The van der Waals surface area contributed by atoms with Crippen LogP contribution in [0, 0.1) is 0 Å². The zero-order valence-electron chi connectivity index (χ0n) is 8.98. The maximum absolute atomic E-state index is 4.43. The van der Waals surface area contributed by atoms with Gasteiger partial charge in [0.2, 0.25) is 0 Å². The second kappa shape index (κ2) is 5.57. The molecule has 0 aliphatic heterocycles. The number of hydrogen-bond acceptors (Lipinski definition) is 3. The first kappa shape index (κ1) is 11.8. The summed E-state index contributed by atoms with van der Waals surface area (Å²) >= 11 is 5.18. The molecule has 2 heterocycles. The standard InChI is InChI=1S/C12H13BrN2S/c1-14-12(7-10-3-2-6-16-10)11-5-4-9(13)8-15-11/h2-6,8,12,14H,7H2,1H3. The third-order valence-electron chi connectivity index (χ3n) is 2.44. The summed E-state index contributed by atoms with van der Waals surface area (Å²) in [5, 5.41) is 5.41. The summed E-state index contributed by atoms with van der Waals surface area (Å²) < 4.78 is 1.02. The van der Waals surface area contributed by atoms with Gasteiger partial charge in [0.1, 0.15) is 0 Å². The van der Waals surface area contributed by atoms with Gasteiger partial charge >= 0.3 is 0 Å². The van der Waals surface area contributed by atoms with Crippen molar-refractivity contribution < 1.29 is 0 Å². The highest BCUT2D eigenvalue weighted by atomic mass is 79.9. The highest BCUT2D eigenvalue weighted by Crippen LogP contribution is 2.20. The number of aromatic nitrogens is 1. The number of pyridine rings is 1. The maximum atomic E-state index is 4.43. The lowest BCUT2D eigenvalue weighted by Gasteiger charge is -2.14. The van der Waals surface area contributed by atoms with E-state index in [-0.39, 0.29) is 6.04 Å². The molecule has 1 unspecified atom stereocenters. The van der Waals surface area contributed by atoms with Gasteiger partial charge in [0.15, 0.2) is 0 Å². The molecule has 0 amide bonds. The van der Waals surface area contributed by atoms with Crippen LogP contribution in [0.2, 0.25) is 0 Å². The molecule has 4 heteroatoms. The second-order valence-corrected chi connectivity index (χ2v) is 5.47. The Balaban J connectivity index is 2.13. The normalized spacial score (nSPS) is 12.6. The van der Waals surface area contributed by atoms with Crippen LogP contribution in [0.3, 0.4) is 0 Å². The summed E-state index contributed by atoms with van der Waals surface area (Å²) in [4.78, 5) is 5.80. The summed E-state index contributed by atoms with van der Waals surface area (Å²) in [6.45, 7) is 0. The predicted molar refractivity (Wildman–Crippen MR) is 71.8 cm³/mol. The number of rotatable bonds is 4. The smallest absolute Gasteiger partial charge is 0.0577 e. The molecule has 2 nitrogen and oxygen atoms in total. The highest BCUT2D eigenvalue weighted by Gasteiger charge is 2.11. The summed E-state index contributed by atoms with van der Waals surface area (Å²) in [7, 11) is 1.97. The van der Waals surface area contributed by atoms with Crippen LogP contribution < -0.4 is 5.32 Å². The van der Waals surface area contributed by atoms with E-state index >= 15 is 0 Å². The molecule has 0 saturated heterocycles. The molecule has 1 atom stereocenters. The third kappa shape index (κ3) is 2.90. The average molecular weight is 297 g/mol. The summed E-state index contributed by atoms with van der Waals surface area (Å²) in [5.41, 5.74) is 1.08. The zero-order chi connectivity index (χ0) is 11.4. The minimum atomic E-state index is 0.284. The van der Waals surface area contributed by atoms with Gasteiger partial charge in [-0.1, -0.05) is 6.07 Å². The molecule has 0 fully saturated rings. The van der Waals surface area contributed by atoms with Gasteiger partial charge in [0.25, 0.3) is 0 Å². The van der Waals surface area contributed by atoms with Crippen molar-refractivity contribution in [1.82, 2.24) is 10.3 Å². The Kier molecular flexibility index (Phi) is 4.09. The largest absolute Gasteiger partial charge is 0.311 e. The fraction of sp³-hybridized carbons (Fsp3) is 0.250. The summed E-state index contributed by atoms with van der Waals surface area (Å²) in [6.07, 6.45) is 2.83. The van der Waals surface area contributed by atoms with Crippen LogP contribution in [-0.4, -0.2) is 12.0 Å². The van der Waals surface area contributed by atoms with Gasteiger partial charge < -0.3 is 5.32 Å². The molecule has 0 aliphatic rings. The van der Waals surface area contributed by atoms with Crippen LogP contribution in [0.5, 0.6) is 0 Å². The van der Waals surface area contributed by atoms with Crippen molar-refractivity contribution in [3.05, 3.63) is 50.9 Å². The first-order chi connectivity index (χ1) is 7.79. The number of hydrogen-bond donors (Lipinski definition) is 1. The van der Waals surface area contributed by atoms with E-state index in [4.69, 9.17) is 0 Å². The number of thiophene rings is 1. The Morgan fingerprint density at radius 1 is 1.44 bits per heavy atom. The van der Waals surface area contributed by atoms with Crippen LogP contribution in [0.15, 0.2) is 40.3 Å². The van der Waals surface area contributed by atoms with Crippen LogP contribution in [0.1, 0.15) is 16.6 Å². The Hall–Kier alpha value is -0.710. The van der Waals surface area contributed by atoms with Crippen molar-refractivity contribution >= 4 is 27.3 Å². The molecule has 2 rings (SSSR count). The Bertz CT molecular complexity index is 425. The van der Waals surface area contributed by atoms with Gasteiger partial charge in [-0.15, -0.1) is 11.3 Å². The molecule has 0 aliphatic carbocycles. The van der Waals surface area contributed by atoms with E-state index in [2.05, 4.69) is 49.8 Å². The molecule has 84 valence electrons. The molecule has 2 aromatic heterocycles. The topological polar surface area (TPSA) is 24.9 Å². The van der Waals surface area contributed by atoms with Crippen molar-refractivity contribution in [3.63, 3.8) is 0 Å². The van der Waals surface area contributed by atoms with E-state index in [0.717, 1.165) is 16.6 Å². The van der Waals surface area contributed by atoms with E-state index in [1.54, 1.807) is 11.3 Å². The minimum Gasteiger partial charge on any atom is -0.311 e. The molecule has 0 aromatic carbocycles. The Labute approximate surface area is 108 Å². The lowest BCUT2D eigenvalue weighted by molar-refractivity contribution is 0.580. The van der Waals surface area contributed by atoms with Crippen LogP contribution in [0.4, 0.5) is 0 Å². The average Bonchev–Trinajstić information content (AvgIpc) is 2.80. The Morgan fingerprint density at radius 2 is 2.31 bits per heavy atom. The monoisotopic (exact) mass is 296 g/mol. The van der Waals surface area contributed by atoms with Gasteiger partial charge in [0.05, 0.1) is 11.7 Å². The van der Waals surface area contributed by atoms with Crippen LogP contribution in [0.25, 0.3) is 0 Å². The molecule has 0 spiro atoms. The van der Waals surface area contributed by atoms with E-state index in [1.165, 1.54) is 4.88 Å². The fourth-order valence-electron chi connectivity index (χ4n) is 1.58. The zero-order valence-corrected chi connectivity index (χ0v) is 11.4. The van der Waals surface area contributed by atoms with E-state index in [1.807, 2.05) is 19.3 Å². The SMILES string of the molecule is CNC(Cc1cccs1)c1ccc(Br)cn1. The van der Waals surface area contributed by atoms with E-state index < -0.39 is 0 Å². The molecule has 16 heavy (non-hydrogen) atoms. The molecule has 2 aromatic rings. The molecular formula is C12H13BrN2S. The van der Waals surface area contributed by atoms with Crippen molar-refractivity contribution in [3.8, 4) is 0 Å². The third-order valence-corrected chi connectivity index (χ3v) is 3.81. The molecule has 0 bridgehead atoms. The molecule has 1 N–H and O–H groups in total. The Morgan fingerprint density at radius 3 is 2.88 bits per heavy atom. The van der Waals surface area contributed by atoms with Gasteiger partial charge in [-0.25, -0.2) is 0 Å². The molecular weight excluding hydrogens is 284 g/mol. The first-order valence-electron chi connectivity index (χ1n) is 5.10. The summed E-state index contributed by atoms with van der Waals surface area (Å²) in [6, 6.07) is 8.61. The van der Waals surface area contributed by atoms with Crippen molar-refractivity contribution in [2.24, 2.45) is 0 Å². The van der Waals surface area contributed by atoms with Crippen LogP contribution >= 0.6 is 27.3 Å². The number of halogens is 1. The number of nitrogens with one attached hydrogen (secondary N) is 1. The summed E-state index contributed by atoms with van der Waals surface area (Å²) in [5.74, 6) is 0. The van der Waals surface area contributed by atoms with Crippen molar-refractivity contribution in [2.45, 2.75) is 12.5 Å². The quantitative estimate of drug-likeness (QED) is 0.935. The van der Waals surface area contributed by atoms with E-state index in [9.17, 15) is 0 Å². The fourth-order valence-corrected chi connectivity index (χ4v) is 2.56. The number of likely N-dealkylation sites (N-methyl/N-ethyl adjacent to an activating group) is 1. The minimum absolute atomic E-state index is 0.284. The maximum Gasteiger partial charge on any atom is 0.0577 e. The van der Waals surface area contributed by atoms with Gasteiger partial charge in [-0.3, -0.25) is 4.98 Å². The molecule has 0 saturated carbocycles. The van der Waals surface area contributed by atoms with E-state index in [0.29, 0.717) is 0 Å². The lowest BCUT2D eigenvalue weighted by Crippen LogP contribution is -2.19. The van der Waals surface area contributed by atoms with Gasteiger partial charge in [0, 0.05) is 22.0 Å². The highest BCUT2D eigenvalue weighted by molar-refractivity contribution is 9.10. The number of nitrogens with zero attached hydrogens (tertiary/aromatic N) is 1.